The molecule has 2 rings (SSSR count). The van der Waals surface area contributed by atoms with Crippen LogP contribution in [0.5, 0.6) is 0 Å². The van der Waals surface area contributed by atoms with Gasteiger partial charge < -0.3 is 35.7 Å². The average Bonchev–Trinajstić information content (AvgIpc) is 2.68. The highest BCUT2D eigenvalue weighted by atomic mass is 31.2. The van der Waals surface area contributed by atoms with E-state index >= 15 is 0 Å². The maximum atomic E-state index is 12.6. The van der Waals surface area contributed by atoms with Gasteiger partial charge in [0.15, 0.2) is 6.04 Å². The number of aromatic nitrogens is 2. The third-order valence-electron chi connectivity index (χ3n) is 4.29. The number of nitrogens with zero attached hydrogens (tertiary/aromatic N) is 2. The van der Waals surface area contributed by atoms with Crippen LogP contribution in [0.15, 0.2) is 17.1 Å². The summed E-state index contributed by atoms with van der Waals surface area (Å²) in [6.07, 6.45) is 0.402. The lowest BCUT2D eigenvalue weighted by atomic mass is 10.0. The van der Waals surface area contributed by atoms with Gasteiger partial charge in [-0.25, -0.2) is 9.59 Å². The van der Waals surface area contributed by atoms with Gasteiger partial charge in [-0.3, -0.25) is 13.9 Å². The molecule has 1 aromatic rings. The molecule has 0 saturated carbocycles. The molecule has 14 heteroatoms. The molecule has 1 saturated heterocycles. The van der Waals surface area contributed by atoms with Gasteiger partial charge in [0.2, 0.25) is 5.91 Å². The van der Waals surface area contributed by atoms with Crippen LogP contribution in [0.25, 0.3) is 0 Å². The zero-order chi connectivity index (χ0) is 22.5. The summed E-state index contributed by atoms with van der Waals surface area (Å²) in [7, 11) is -3.75. The van der Waals surface area contributed by atoms with Crippen LogP contribution >= 0.6 is 7.60 Å². The average molecular weight is 447 g/mol. The number of ether oxygens (including phenoxy) is 1. The van der Waals surface area contributed by atoms with Crippen molar-refractivity contribution in [2.24, 2.45) is 11.7 Å². The molecule has 0 aliphatic carbocycles. The Labute approximate surface area is 172 Å². The van der Waals surface area contributed by atoms with Gasteiger partial charge in [-0.05, 0) is 12.0 Å². The molecule has 0 aromatic carbocycles. The van der Waals surface area contributed by atoms with E-state index in [4.69, 9.17) is 25.3 Å². The molecule has 6 N–H and O–H groups in total. The van der Waals surface area contributed by atoms with E-state index in [1.807, 2.05) is 0 Å². The zero-order valence-electron chi connectivity index (χ0n) is 16.6. The van der Waals surface area contributed by atoms with Crippen molar-refractivity contribution in [3.05, 3.63) is 22.7 Å². The summed E-state index contributed by atoms with van der Waals surface area (Å²) in [5, 5.41) is 11.5. The number of amides is 1. The highest BCUT2D eigenvalue weighted by Gasteiger charge is 2.36. The van der Waals surface area contributed by atoms with Crippen LogP contribution in [0.4, 0.5) is 5.82 Å². The minimum atomic E-state index is -3.75. The van der Waals surface area contributed by atoms with Crippen molar-refractivity contribution in [2.75, 3.05) is 25.3 Å². The Morgan fingerprint density at radius 3 is 2.73 bits per heavy atom. The minimum absolute atomic E-state index is 0.0874. The number of carbonyl (C=O) groups is 2. The summed E-state index contributed by atoms with van der Waals surface area (Å²) in [5.41, 5.74) is 10.6. The third-order valence-corrected chi connectivity index (χ3v) is 5.85. The fourth-order valence-electron chi connectivity index (χ4n) is 2.39. The fraction of sp³-hybridized carbons (Fsp3) is 0.625. The number of carboxylic acid groups (broad SMARTS) is 1. The normalized spacial score (nSPS) is 23.7. The number of carbonyl (C=O) groups excluding carboxylic acids is 1. The van der Waals surface area contributed by atoms with Crippen LogP contribution in [-0.2, 0) is 34.5 Å². The summed E-state index contributed by atoms with van der Waals surface area (Å²) in [5.74, 6) is -2.15. The van der Waals surface area contributed by atoms with Crippen LogP contribution in [0, 0.1) is 5.92 Å². The lowest BCUT2D eigenvalue weighted by Gasteiger charge is -2.30. The monoisotopic (exact) mass is 447 g/mol. The van der Waals surface area contributed by atoms with E-state index in [0.717, 1.165) is 0 Å². The number of aliphatic carboxylic acids is 1. The van der Waals surface area contributed by atoms with E-state index < -0.39 is 56.3 Å². The Balaban J connectivity index is 1.88. The Bertz CT molecular complexity index is 863. The van der Waals surface area contributed by atoms with E-state index in [9.17, 15) is 24.1 Å². The second-order valence-corrected chi connectivity index (χ2v) is 9.07. The summed E-state index contributed by atoms with van der Waals surface area (Å²) < 4.78 is 29.7. The summed E-state index contributed by atoms with van der Waals surface area (Å²) >= 11 is 0. The molecule has 1 aliphatic heterocycles. The lowest BCUT2D eigenvalue weighted by molar-refractivity contribution is -0.143. The van der Waals surface area contributed by atoms with Gasteiger partial charge >= 0.3 is 19.3 Å². The molecule has 0 radical (unpaired) electrons. The molecular weight excluding hydrogens is 421 g/mol. The maximum absolute atomic E-state index is 12.6. The maximum Gasteiger partial charge on any atom is 0.356 e. The molecule has 2 heterocycles. The first-order valence-corrected chi connectivity index (χ1v) is 10.8. The largest absolute Gasteiger partial charge is 0.480 e. The van der Waals surface area contributed by atoms with Crippen molar-refractivity contribution in [3.8, 4) is 0 Å². The number of nitrogens with one attached hydrogen (secondary N) is 1. The standard InChI is InChI=1S/C16H26N5O8P/c1-9(2)13(18)14(22)19-11(15(23)24)7-29-30(26)8-27-10(6-28-30)5-21-4-3-12(17)20-16(21)25/h3-4,9-11,13H,5-8,18H2,1-2H3,(H,19,22)(H,23,24)(H2,17,20,25)/t10-,11?,13?,30?/m1/s1. The topological polar surface area (TPSA) is 198 Å². The first-order valence-electron chi connectivity index (χ1n) is 9.12. The van der Waals surface area contributed by atoms with Crippen molar-refractivity contribution in [1.82, 2.24) is 14.9 Å². The van der Waals surface area contributed by atoms with Crippen molar-refractivity contribution >= 4 is 25.3 Å². The van der Waals surface area contributed by atoms with Crippen LogP contribution in [0.2, 0.25) is 0 Å². The predicted molar refractivity (Wildman–Crippen MR) is 105 cm³/mol. The molecule has 1 amide bonds. The van der Waals surface area contributed by atoms with Crippen molar-refractivity contribution in [2.45, 2.75) is 38.6 Å². The smallest absolute Gasteiger partial charge is 0.356 e. The molecule has 30 heavy (non-hydrogen) atoms. The molecule has 0 spiro atoms. The number of nitrogen functional groups attached to an aromatic ring is 1. The summed E-state index contributed by atoms with van der Waals surface area (Å²) in [4.78, 5) is 38.7. The molecule has 13 nitrogen and oxygen atoms in total. The van der Waals surface area contributed by atoms with Crippen molar-refractivity contribution < 1.29 is 33.0 Å². The van der Waals surface area contributed by atoms with Crippen LogP contribution in [0.1, 0.15) is 13.8 Å². The first kappa shape index (κ1) is 24.0. The molecule has 1 fully saturated rings. The van der Waals surface area contributed by atoms with Crippen LogP contribution in [-0.4, -0.2) is 64.3 Å². The van der Waals surface area contributed by atoms with E-state index in [2.05, 4.69) is 10.3 Å². The van der Waals surface area contributed by atoms with Gasteiger partial charge in [0.25, 0.3) is 0 Å². The first-order chi connectivity index (χ1) is 14.0. The van der Waals surface area contributed by atoms with Crippen molar-refractivity contribution in [3.63, 3.8) is 0 Å². The molecule has 0 bridgehead atoms. The Morgan fingerprint density at radius 1 is 1.50 bits per heavy atom. The Morgan fingerprint density at radius 2 is 2.20 bits per heavy atom. The van der Waals surface area contributed by atoms with Gasteiger partial charge in [-0.15, -0.1) is 0 Å². The number of anilines is 1. The number of carboxylic acids is 1. The van der Waals surface area contributed by atoms with Crippen molar-refractivity contribution in [1.29, 1.82) is 0 Å². The zero-order valence-corrected chi connectivity index (χ0v) is 17.5. The summed E-state index contributed by atoms with van der Waals surface area (Å²) in [6.45, 7) is 2.77. The molecule has 3 unspecified atom stereocenters. The molecule has 1 aliphatic rings. The number of nitrogens with two attached hydrogens (primary N) is 2. The fourth-order valence-corrected chi connectivity index (χ4v) is 3.78. The quantitative estimate of drug-likeness (QED) is 0.337. The van der Waals surface area contributed by atoms with E-state index in [1.54, 1.807) is 13.8 Å². The number of hydrogen-bond donors (Lipinski definition) is 4. The van der Waals surface area contributed by atoms with E-state index in [0.29, 0.717) is 0 Å². The SMILES string of the molecule is CC(C)C(N)C(=O)NC(COP1(=O)CO[C@H](Cn2ccc(N)nc2=O)CO1)C(=O)O. The minimum Gasteiger partial charge on any atom is -0.480 e. The second kappa shape index (κ2) is 10.1. The van der Waals surface area contributed by atoms with E-state index in [-0.39, 0.29) is 24.9 Å². The van der Waals surface area contributed by atoms with Gasteiger partial charge in [0, 0.05) is 6.20 Å². The van der Waals surface area contributed by atoms with E-state index in [1.165, 1.54) is 16.8 Å². The molecule has 1 aromatic heterocycles. The van der Waals surface area contributed by atoms with Crippen LogP contribution < -0.4 is 22.5 Å². The third kappa shape index (κ3) is 6.61. The van der Waals surface area contributed by atoms with Gasteiger partial charge in [0.1, 0.15) is 18.3 Å². The highest BCUT2D eigenvalue weighted by Crippen LogP contribution is 2.50. The molecule has 4 atom stereocenters. The summed E-state index contributed by atoms with van der Waals surface area (Å²) in [6, 6.07) is -0.914. The number of hydrogen-bond acceptors (Lipinski definition) is 10. The van der Waals surface area contributed by atoms with Crippen LogP contribution in [0.3, 0.4) is 0 Å². The Hall–Kier alpha value is -2.31. The molecule has 168 valence electrons. The highest BCUT2D eigenvalue weighted by molar-refractivity contribution is 7.53. The Kier molecular flexibility index (Phi) is 8.10. The van der Waals surface area contributed by atoms with Gasteiger partial charge in [-0.2, -0.15) is 4.98 Å². The van der Waals surface area contributed by atoms with Gasteiger partial charge in [0.05, 0.1) is 25.8 Å². The predicted octanol–water partition coefficient (Wildman–Crippen LogP) is -1.04. The second-order valence-electron chi connectivity index (χ2n) is 7.08. The molecular formula is C16H26N5O8P. The van der Waals surface area contributed by atoms with Gasteiger partial charge in [-0.1, -0.05) is 13.8 Å². The lowest BCUT2D eigenvalue weighted by Crippen LogP contribution is -2.51. The number of rotatable bonds is 9.